The summed E-state index contributed by atoms with van der Waals surface area (Å²) in [7, 11) is 0. The molecule has 0 spiro atoms. The first kappa shape index (κ1) is 106. The molecule has 5 aliphatic heterocycles. The number of aromatic nitrogens is 16. The van der Waals surface area contributed by atoms with Crippen molar-refractivity contribution >= 4 is 192 Å². The molecule has 37 nitrogen and oxygen atoms in total. The number of thioether (sulfide) groups is 3. The fourth-order valence-electron chi connectivity index (χ4n) is 15.8. The number of aliphatic hydroxyl groups excluding tert-OH is 10. The molecular weight excluding hydrogens is 1840 g/mol. The Kier molecular flexibility index (Phi) is 36.3. The highest BCUT2D eigenvalue weighted by molar-refractivity contribution is 7.99. The van der Waals surface area contributed by atoms with Crippen LogP contribution in [0.4, 0.5) is 34.5 Å². The van der Waals surface area contributed by atoms with E-state index in [1.54, 1.807) is 110 Å². The second-order valence-electron chi connectivity index (χ2n) is 38.0. The molecule has 15 rings (SSSR count). The Hall–Kier alpha value is -6.22. The predicted octanol–water partition coefficient (Wildman–Crippen LogP) is 8.62. The number of unbranched alkanes of at least 4 members (excludes halogenated alkanes) is 3. The van der Waals surface area contributed by atoms with E-state index in [-0.39, 0.29) is 11.8 Å². The summed E-state index contributed by atoms with van der Waals surface area (Å²) in [4.78, 5) is 48.3. The molecule has 10 aromatic rings. The van der Waals surface area contributed by atoms with E-state index >= 15 is 0 Å². The van der Waals surface area contributed by atoms with Gasteiger partial charge in [-0.25, -0.2) is 54.8 Å². The van der Waals surface area contributed by atoms with Crippen LogP contribution >= 0.6 is 69.7 Å². The van der Waals surface area contributed by atoms with Crippen LogP contribution in [0.3, 0.4) is 0 Å². The third-order valence-electron chi connectivity index (χ3n) is 23.1. The maximum Gasteiger partial charge on any atom is 0.204 e. The highest BCUT2D eigenvalue weighted by atomic mass is 32.2. The van der Waals surface area contributed by atoms with Crippen molar-refractivity contribution in [2.24, 2.45) is 0 Å². The van der Waals surface area contributed by atoms with Crippen LogP contribution in [0.2, 0.25) is 0 Å². The number of rotatable bonds is 32. The number of hydrogen-bond donors (Lipinski definition) is 16. The largest absolute Gasteiger partial charge is 0.397 e. The topological polar surface area (TPSA) is 571 Å². The van der Waals surface area contributed by atoms with E-state index in [2.05, 4.69) is 174 Å². The molecule has 45 heteroatoms. The van der Waals surface area contributed by atoms with Crippen molar-refractivity contribution in [2.75, 3.05) is 149 Å². The van der Waals surface area contributed by atoms with Crippen molar-refractivity contribution in [2.45, 2.75) is 236 Å². The molecule has 5 aliphatic rings. The molecule has 0 radical (unpaired) electrons. The zero-order valence-corrected chi connectivity index (χ0v) is 85.2. The Morgan fingerprint density at radius 3 is 0.939 bits per heavy atom. The van der Waals surface area contributed by atoms with Crippen LogP contribution in [0.25, 0.3) is 55.8 Å². The van der Waals surface area contributed by atoms with E-state index in [1.165, 1.54) is 10.9 Å². The lowest BCUT2D eigenvalue weighted by molar-refractivity contribution is -0.0400. The van der Waals surface area contributed by atoms with Crippen molar-refractivity contribution in [1.29, 1.82) is 0 Å². The second kappa shape index (κ2) is 45.1. The molecule has 0 aliphatic carbocycles. The molecular formula is C87H141N22O15P5S3. The zero-order valence-electron chi connectivity index (χ0n) is 78.3. The Morgan fingerprint density at radius 1 is 0.333 bits per heavy atom. The molecule has 10 aromatic heterocycles. The van der Waals surface area contributed by atoms with Gasteiger partial charge in [-0.1, -0.05) is 75.3 Å². The summed E-state index contributed by atoms with van der Waals surface area (Å²) in [6.07, 6.45) is 26.9. The zero-order chi connectivity index (χ0) is 96.7. The quantitative estimate of drug-likeness (QED) is 0.0106. The van der Waals surface area contributed by atoms with Gasteiger partial charge < -0.3 is 109 Å². The number of imidazole rings is 5. The van der Waals surface area contributed by atoms with Crippen LogP contribution < -0.4 is 34.4 Å². The summed E-state index contributed by atoms with van der Waals surface area (Å²) < 4.78 is 38.7. The number of hydrogen-bond acceptors (Lipinski definition) is 35. The van der Waals surface area contributed by atoms with Crippen LogP contribution in [0.1, 0.15) is 128 Å². The first-order valence-electron chi connectivity index (χ1n) is 44.6. The maximum absolute atomic E-state index is 10.8. The smallest absolute Gasteiger partial charge is 0.204 e. The van der Waals surface area contributed by atoms with Crippen molar-refractivity contribution in [3.63, 3.8) is 0 Å². The monoisotopic (exact) mass is 1980 g/mol. The minimum atomic E-state index is -1.25. The number of fused-ring (bicyclic) bond motifs is 5. The van der Waals surface area contributed by atoms with Gasteiger partial charge >= 0.3 is 0 Å². The number of aliphatic hydroxyl groups is 10. The van der Waals surface area contributed by atoms with Gasteiger partial charge in [0, 0.05) is 42.0 Å². The fraction of sp³-hybridized carbons (Fsp3) is 0.609. The molecule has 0 aromatic carbocycles. The minimum Gasteiger partial charge on any atom is -0.397 e. The molecule has 5 saturated heterocycles. The first-order valence-corrected chi connectivity index (χ1v) is 62.8. The molecule has 0 bridgehead atoms. The minimum absolute atomic E-state index is 0.136. The lowest BCUT2D eigenvalue weighted by Crippen LogP contribution is -2.32. The van der Waals surface area contributed by atoms with Gasteiger partial charge in [0.1, 0.15) is 94.4 Å². The number of ether oxygens (including phenoxy) is 5. The lowest BCUT2D eigenvalue weighted by Gasteiger charge is -2.20. The summed E-state index contributed by atoms with van der Waals surface area (Å²) in [6.45, 7) is 23.4. The Bertz CT molecular complexity index is 5820. The highest BCUT2D eigenvalue weighted by Gasteiger charge is 2.50. The van der Waals surface area contributed by atoms with E-state index in [0.29, 0.717) is 132 Å². The molecule has 0 saturated carbocycles. The van der Waals surface area contributed by atoms with Gasteiger partial charge in [-0.05, 0) is 180 Å². The number of nitrogens with zero attached hydrogens (tertiary/aromatic N) is 16. The Morgan fingerprint density at radius 2 is 0.621 bits per heavy atom. The molecule has 20 atom stereocenters. The molecule has 22 N–H and O–H groups in total. The van der Waals surface area contributed by atoms with Gasteiger partial charge in [0.05, 0.1) is 59.6 Å². The van der Waals surface area contributed by atoms with E-state index in [1.807, 2.05) is 0 Å². The molecule has 132 heavy (non-hydrogen) atoms. The van der Waals surface area contributed by atoms with Gasteiger partial charge in [0.2, 0.25) is 5.95 Å². The fourth-order valence-corrected chi connectivity index (χ4v) is 23.6. The standard InChI is InChI=1S/C20H33N4O3PS.C19H31N4O3PS.C18H29N4O3PS.2C15H24N5O3P/c1-5-6-7-12-29-20-23-15-13(21)8-10-22-18(15)24(20)19-17(26)16(25)14(27-19)9-11-28(2,3)4;1-5-6-11-28-19-22-14-12(20)7-9-21-17(14)23(19)18-16(25)15(24)13(26-18)8-10-27(2,3)4;1-5-10-27-18-21-13-11(19)6-8-20-16(13)22(18)17-15(24)14(23)12(25-17)7-9-26(2,3)4;1-8-18-13(16)10-14(19-8)20(7-17-10)15-12(22)11(21)9(23-15)5-6-24(2,3)4;1-24(2,3)7-5-9-11(21)12(22)14(23-9)20-13-10(19-15(20)17)8(16)4-6-18-13/h8,10,14,16-17,19,25-26H,2,5-7,9,11-12H2,1,3-4H3,(H2,21,22);7,9,13,15-16,18,24-25H,2,5-6,8,10-11H2,1,3-4H3,(H2,20,21);6,8,12,14-15,17,23-24H,2,5,7,9-10H2,1,3-4H3,(H2,19,20);7,9,11-12,15,21-22H,2,5-6H2,1,3-4H3,(H2,16,18,19);4,6,9,11-12,14,21-22H,1,5,7H2,2-3H3,(H2,16,18)(H2,17,19)/t14-,16-,17-,19-;13-,15-,16-,18-;12-,14-,15-,17-;9-,11-,12-,15-;9-,11-,12-,14-/m11111/s1. The number of aryl methyl sites for hydroxylation is 1. The van der Waals surface area contributed by atoms with E-state index < -0.39 is 157 Å². The normalized spacial score (nSPS) is 26.4. The Labute approximate surface area is 785 Å². The van der Waals surface area contributed by atoms with E-state index in [9.17, 15) is 51.1 Å². The maximum atomic E-state index is 10.8. The Balaban J connectivity index is 0.000000159. The predicted molar refractivity (Wildman–Crippen MR) is 550 cm³/mol. The van der Waals surface area contributed by atoms with Gasteiger partial charge in [-0.2, -0.15) is 0 Å². The van der Waals surface area contributed by atoms with Crippen LogP contribution in [-0.2, 0) is 23.7 Å². The number of anilines is 6. The van der Waals surface area contributed by atoms with Crippen LogP contribution in [0, 0.1) is 6.92 Å². The van der Waals surface area contributed by atoms with Gasteiger partial charge in [0.25, 0.3) is 0 Å². The van der Waals surface area contributed by atoms with Crippen LogP contribution in [0.15, 0.2) is 70.8 Å². The number of nitrogens with two attached hydrogens (primary N) is 6. The third-order valence-corrected chi connectivity index (χ3v) is 33.7. The summed E-state index contributed by atoms with van der Waals surface area (Å²) in [5.74, 6) is 3.61. The van der Waals surface area contributed by atoms with Gasteiger partial charge in [-0.3, -0.25) is 22.8 Å². The molecule has 15 heterocycles. The average Bonchev–Trinajstić information content (AvgIpc) is 1.63. The summed E-state index contributed by atoms with van der Waals surface area (Å²) in [5.41, 5.74) is 43.4. The SMILES string of the molecule is C=P(C)(C)CC[C@H]1O[C@@H](n2c(N)nc3c(N)ccnc32)[C@H](O)[C@@H]1O.C=P(C)(C)CC[C@H]1O[C@@H](n2c(SCCC)nc3c(N)ccnc32)[C@H](O)[C@@H]1O.C=P(C)(C)CC[C@H]1O[C@@H](n2c(SCCCC)nc3c(N)ccnc32)[C@H](O)[C@@H]1O.C=P(C)(C)CC[C@H]1O[C@@H](n2c(SCCCCC)nc3c(N)ccnc32)[C@H](O)[C@@H]1O.C=P(C)(C)CC[C@H]1O[C@@H](n2cnc3c(N)nc(C)nc32)[C@H](O)[C@@H]1O. The molecule has 0 amide bonds. The van der Waals surface area contributed by atoms with Crippen molar-refractivity contribution in [1.82, 2.24) is 77.7 Å². The second-order valence-corrected chi connectivity index (χ2v) is 62.8. The number of pyridine rings is 4. The van der Waals surface area contributed by atoms with Crippen LogP contribution in [-0.4, -0.2) is 366 Å². The molecule has 5 fully saturated rings. The van der Waals surface area contributed by atoms with E-state index in [4.69, 9.17) is 58.1 Å². The molecule has 732 valence electrons. The molecule has 0 unspecified atom stereocenters. The highest BCUT2D eigenvalue weighted by Crippen LogP contribution is 2.48. The first-order chi connectivity index (χ1) is 62.0. The summed E-state index contributed by atoms with van der Waals surface area (Å²) >= 11 is 4.77. The van der Waals surface area contributed by atoms with Gasteiger partial charge in [0.15, 0.2) is 80.7 Å². The number of nitrogen functional groups attached to an aromatic ring is 6. The van der Waals surface area contributed by atoms with E-state index in [0.717, 1.165) is 86.6 Å². The van der Waals surface area contributed by atoms with Gasteiger partial charge in [-0.15, -0.1) is 65.9 Å². The summed E-state index contributed by atoms with van der Waals surface area (Å²) in [5, 5.41) is 108. The van der Waals surface area contributed by atoms with Crippen LogP contribution in [0.5, 0.6) is 0 Å². The third kappa shape index (κ3) is 26.0. The average molecular weight is 1990 g/mol. The lowest BCUT2D eigenvalue weighted by atomic mass is 10.1. The van der Waals surface area contributed by atoms with Crippen molar-refractivity contribution in [3.05, 3.63) is 61.2 Å². The van der Waals surface area contributed by atoms with Crippen molar-refractivity contribution < 1.29 is 74.7 Å². The van der Waals surface area contributed by atoms with Crippen molar-refractivity contribution in [3.8, 4) is 0 Å². The summed E-state index contributed by atoms with van der Waals surface area (Å²) in [6, 6.07) is 6.76.